The molecule has 1 atom stereocenters. The zero-order chi connectivity index (χ0) is 16.4. The van der Waals surface area contributed by atoms with Crippen LogP contribution in [0.5, 0.6) is 0 Å². The highest BCUT2D eigenvalue weighted by Gasteiger charge is 2.24. The van der Waals surface area contributed by atoms with Crippen LogP contribution in [0.15, 0.2) is 63.5 Å². The van der Waals surface area contributed by atoms with Crippen molar-refractivity contribution in [3.05, 3.63) is 65.0 Å². The van der Waals surface area contributed by atoms with E-state index in [1.165, 1.54) is 0 Å². The quantitative estimate of drug-likeness (QED) is 0.703. The number of hydrogen-bond donors (Lipinski definition) is 1. The fourth-order valence-corrected chi connectivity index (χ4v) is 2.48. The van der Waals surface area contributed by atoms with Gasteiger partial charge in [0.2, 0.25) is 5.89 Å². The predicted molar refractivity (Wildman–Crippen MR) is 91.1 cm³/mol. The van der Waals surface area contributed by atoms with Crippen molar-refractivity contribution in [2.24, 2.45) is 0 Å². The van der Waals surface area contributed by atoms with Gasteiger partial charge in [0, 0.05) is 15.6 Å². The number of aliphatic carboxylic acids is 1. The summed E-state index contributed by atoms with van der Waals surface area (Å²) in [6, 6.07) is 17.2. The maximum absolute atomic E-state index is 11.2. The summed E-state index contributed by atoms with van der Waals surface area (Å²) in [6.07, 6.45) is 0. The Hall–Kier alpha value is -2.40. The summed E-state index contributed by atoms with van der Waals surface area (Å²) in [5, 5.41) is 9.21. The molecule has 0 saturated heterocycles. The summed E-state index contributed by atoms with van der Waals surface area (Å²) in [5.74, 6) is -0.986. The van der Waals surface area contributed by atoms with E-state index in [2.05, 4.69) is 20.9 Å². The molecule has 5 heteroatoms. The van der Waals surface area contributed by atoms with Crippen molar-refractivity contribution >= 4 is 21.9 Å². The molecule has 0 spiro atoms. The van der Waals surface area contributed by atoms with Crippen molar-refractivity contribution in [2.45, 2.75) is 12.8 Å². The molecular weight excluding hydrogens is 358 g/mol. The number of benzene rings is 2. The third kappa shape index (κ3) is 3.19. The fourth-order valence-electron chi connectivity index (χ4n) is 2.22. The smallest absolute Gasteiger partial charge is 0.315 e. The average Bonchev–Trinajstić information content (AvgIpc) is 3.00. The minimum atomic E-state index is -0.965. The largest absolute Gasteiger partial charge is 0.481 e. The number of aromatic nitrogens is 1. The van der Waals surface area contributed by atoms with Crippen LogP contribution in [0.4, 0.5) is 0 Å². The van der Waals surface area contributed by atoms with Crippen LogP contribution in [0, 0.1) is 0 Å². The summed E-state index contributed by atoms with van der Waals surface area (Å²) >= 11 is 3.41. The van der Waals surface area contributed by atoms with Gasteiger partial charge >= 0.3 is 5.97 Å². The number of halogens is 1. The van der Waals surface area contributed by atoms with Gasteiger partial charge in [-0.05, 0) is 19.1 Å². The lowest BCUT2D eigenvalue weighted by Crippen LogP contribution is -2.07. The number of carbonyl (C=O) groups is 1. The molecule has 0 radical (unpaired) electrons. The van der Waals surface area contributed by atoms with Crippen molar-refractivity contribution in [2.75, 3.05) is 0 Å². The Morgan fingerprint density at radius 2 is 1.74 bits per heavy atom. The third-order valence-electron chi connectivity index (χ3n) is 3.54. The van der Waals surface area contributed by atoms with Gasteiger partial charge < -0.3 is 9.52 Å². The van der Waals surface area contributed by atoms with E-state index in [9.17, 15) is 9.90 Å². The Bertz CT molecular complexity index is 825. The zero-order valence-corrected chi connectivity index (χ0v) is 13.9. The van der Waals surface area contributed by atoms with E-state index in [4.69, 9.17) is 4.42 Å². The first-order chi connectivity index (χ1) is 11.1. The molecule has 3 aromatic rings. The second-order valence-electron chi connectivity index (χ2n) is 5.16. The van der Waals surface area contributed by atoms with Crippen LogP contribution in [0.1, 0.15) is 18.7 Å². The maximum atomic E-state index is 11.2. The molecule has 0 fully saturated rings. The normalized spacial score (nSPS) is 12.1. The SMILES string of the molecule is CC(C(=O)O)c1nc(-c2ccc(Br)cc2)c(-c2ccccc2)o1. The standard InChI is InChI=1S/C18H14BrNO3/c1-11(18(21)22)17-20-15(12-7-9-14(19)10-8-12)16(23-17)13-5-3-2-4-6-13/h2-11H,1H3,(H,21,22). The van der Waals surface area contributed by atoms with E-state index >= 15 is 0 Å². The highest BCUT2D eigenvalue weighted by molar-refractivity contribution is 9.10. The van der Waals surface area contributed by atoms with E-state index in [-0.39, 0.29) is 5.89 Å². The van der Waals surface area contributed by atoms with E-state index in [1.54, 1.807) is 6.92 Å². The lowest BCUT2D eigenvalue weighted by Gasteiger charge is -2.01. The van der Waals surface area contributed by atoms with Gasteiger partial charge in [0.05, 0.1) is 0 Å². The van der Waals surface area contributed by atoms with Crippen LogP contribution in [0.2, 0.25) is 0 Å². The van der Waals surface area contributed by atoms with Gasteiger partial charge in [-0.15, -0.1) is 0 Å². The first-order valence-corrected chi connectivity index (χ1v) is 7.90. The number of nitrogens with zero attached hydrogens (tertiary/aromatic N) is 1. The van der Waals surface area contributed by atoms with Gasteiger partial charge in [0.1, 0.15) is 11.6 Å². The molecule has 0 bridgehead atoms. The second-order valence-corrected chi connectivity index (χ2v) is 6.08. The molecule has 0 aliphatic carbocycles. The van der Waals surface area contributed by atoms with Gasteiger partial charge in [-0.1, -0.05) is 58.4 Å². The first-order valence-electron chi connectivity index (χ1n) is 7.11. The Kier molecular flexibility index (Phi) is 4.30. The van der Waals surface area contributed by atoms with Gasteiger partial charge in [0.15, 0.2) is 5.76 Å². The number of rotatable bonds is 4. The Morgan fingerprint density at radius 3 is 2.35 bits per heavy atom. The molecule has 0 aliphatic rings. The van der Waals surface area contributed by atoms with Gasteiger partial charge in [-0.2, -0.15) is 0 Å². The molecular formula is C18H14BrNO3. The molecule has 116 valence electrons. The monoisotopic (exact) mass is 371 g/mol. The average molecular weight is 372 g/mol. The second kappa shape index (κ2) is 6.38. The molecule has 0 aliphatic heterocycles. The van der Waals surface area contributed by atoms with Gasteiger partial charge in [-0.25, -0.2) is 4.98 Å². The van der Waals surface area contributed by atoms with Crippen LogP contribution in [0.25, 0.3) is 22.6 Å². The Labute approximate surface area is 141 Å². The lowest BCUT2D eigenvalue weighted by molar-refractivity contribution is -0.138. The fraction of sp³-hybridized carbons (Fsp3) is 0.111. The number of oxazole rings is 1. The van der Waals surface area contributed by atoms with Gasteiger partial charge in [0.25, 0.3) is 0 Å². The van der Waals surface area contributed by atoms with E-state index in [0.29, 0.717) is 11.5 Å². The highest BCUT2D eigenvalue weighted by atomic mass is 79.9. The van der Waals surface area contributed by atoms with Crippen molar-refractivity contribution in [1.82, 2.24) is 4.98 Å². The van der Waals surface area contributed by atoms with Crippen LogP contribution in [-0.4, -0.2) is 16.1 Å². The van der Waals surface area contributed by atoms with Crippen LogP contribution in [-0.2, 0) is 4.79 Å². The molecule has 1 N–H and O–H groups in total. The number of carboxylic acids is 1. The van der Waals surface area contributed by atoms with Crippen molar-refractivity contribution in [3.8, 4) is 22.6 Å². The molecule has 1 unspecified atom stereocenters. The number of carboxylic acid groups (broad SMARTS) is 1. The van der Waals surface area contributed by atoms with E-state index in [0.717, 1.165) is 15.6 Å². The van der Waals surface area contributed by atoms with Gasteiger partial charge in [-0.3, -0.25) is 4.79 Å². The number of hydrogen-bond acceptors (Lipinski definition) is 3. The van der Waals surface area contributed by atoms with Crippen molar-refractivity contribution < 1.29 is 14.3 Å². The Balaban J connectivity index is 2.16. The van der Waals surface area contributed by atoms with Crippen LogP contribution < -0.4 is 0 Å². The molecule has 0 amide bonds. The summed E-state index contributed by atoms with van der Waals surface area (Å²) in [7, 11) is 0. The van der Waals surface area contributed by atoms with E-state index < -0.39 is 11.9 Å². The highest BCUT2D eigenvalue weighted by Crippen LogP contribution is 2.35. The van der Waals surface area contributed by atoms with Crippen molar-refractivity contribution in [1.29, 1.82) is 0 Å². The first kappa shape index (κ1) is 15.5. The molecule has 0 saturated carbocycles. The molecule has 4 nitrogen and oxygen atoms in total. The van der Waals surface area contributed by atoms with Crippen LogP contribution in [0.3, 0.4) is 0 Å². The predicted octanol–water partition coefficient (Wildman–Crippen LogP) is 4.96. The van der Waals surface area contributed by atoms with Crippen molar-refractivity contribution in [3.63, 3.8) is 0 Å². The summed E-state index contributed by atoms with van der Waals surface area (Å²) in [5.41, 5.74) is 2.38. The molecule has 3 rings (SSSR count). The maximum Gasteiger partial charge on any atom is 0.315 e. The Morgan fingerprint density at radius 1 is 1.09 bits per heavy atom. The minimum absolute atomic E-state index is 0.203. The molecule has 1 aromatic heterocycles. The third-order valence-corrected chi connectivity index (χ3v) is 4.07. The lowest BCUT2D eigenvalue weighted by atomic mass is 10.1. The topological polar surface area (TPSA) is 63.3 Å². The summed E-state index contributed by atoms with van der Waals surface area (Å²) < 4.78 is 6.77. The molecule has 1 heterocycles. The minimum Gasteiger partial charge on any atom is -0.481 e. The van der Waals surface area contributed by atoms with E-state index in [1.807, 2.05) is 54.6 Å². The van der Waals surface area contributed by atoms with Crippen LogP contribution >= 0.6 is 15.9 Å². The zero-order valence-electron chi connectivity index (χ0n) is 12.4. The molecule has 2 aromatic carbocycles. The summed E-state index contributed by atoms with van der Waals surface area (Å²) in [6.45, 7) is 1.56. The summed E-state index contributed by atoms with van der Waals surface area (Å²) in [4.78, 5) is 15.7. The molecule has 23 heavy (non-hydrogen) atoms.